The molecule has 0 aromatic carbocycles. The van der Waals surface area contributed by atoms with E-state index in [1.165, 1.54) is 0 Å². The topological polar surface area (TPSA) is 37.4 Å². The lowest BCUT2D eigenvalue weighted by atomic mass is 10.7. The van der Waals surface area contributed by atoms with Crippen LogP contribution >= 0.6 is 0 Å². The van der Waals surface area contributed by atoms with E-state index >= 15 is 0 Å². The Kier molecular flexibility index (Phi) is 2.92. The van der Waals surface area contributed by atoms with Crippen molar-refractivity contribution in [1.82, 2.24) is 4.90 Å². The molecule has 0 unspecified atom stereocenters. The molecular weight excluding hydrogens is 94.0 g/mol. The Hall–Kier alpha value is -0.860. The van der Waals surface area contributed by atoms with Gasteiger partial charge in [-0.2, -0.15) is 0 Å². The third-order valence-corrected chi connectivity index (χ3v) is 0.636. The molecule has 0 aliphatic rings. The van der Waals surface area contributed by atoms with Gasteiger partial charge in [0, 0.05) is 6.54 Å². The molecule has 0 saturated heterocycles. The maximum Gasteiger partial charge on any atom is 0.216 e. The SMILES string of the molecule is CCN(C=O)C=O. The molecule has 7 heavy (non-hydrogen) atoms. The molecule has 0 aliphatic heterocycles. The molecule has 0 aliphatic carbocycles. The average molecular weight is 101 g/mol. The number of imide groups is 1. The van der Waals surface area contributed by atoms with E-state index in [0.717, 1.165) is 4.90 Å². The first kappa shape index (κ1) is 6.14. The minimum atomic E-state index is 0.451. The molecule has 0 radical (unpaired) electrons. The van der Waals surface area contributed by atoms with Crippen LogP contribution in [0.25, 0.3) is 0 Å². The molecule has 0 saturated carbocycles. The van der Waals surface area contributed by atoms with Gasteiger partial charge >= 0.3 is 0 Å². The van der Waals surface area contributed by atoms with E-state index in [0.29, 0.717) is 19.4 Å². The molecule has 0 aromatic heterocycles. The van der Waals surface area contributed by atoms with Crippen molar-refractivity contribution in [1.29, 1.82) is 0 Å². The van der Waals surface area contributed by atoms with E-state index in [-0.39, 0.29) is 0 Å². The molecule has 0 fully saturated rings. The van der Waals surface area contributed by atoms with Crippen molar-refractivity contribution < 1.29 is 9.59 Å². The highest BCUT2D eigenvalue weighted by Crippen LogP contribution is 1.68. The summed E-state index contributed by atoms with van der Waals surface area (Å²) in [6.45, 7) is 2.18. The van der Waals surface area contributed by atoms with Crippen molar-refractivity contribution in [2.45, 2.75) is 6.92 Å². The molecule has 3 heteroatoms. The number of hydrogen-bond acceptors (Lipinski definition) is 2. The van der Waals surface area contributed by atoms with Crippen molar-refractivity contribution >= 4 is 12.8 Å². The van der Waals surface area contributed by atoms with Crippen LogP contribution in [0.5, 0.6) is 0 Å². The molecule has 0 rings (SSSR count). The minimum absolute atomic E-state index is 0.451. The molecule has 0 N–H and O–H groups in total. The van der Waals surface area contributed by atoms with Crippen LogP contribution in [-0.2, 0) is 9.59 Å². The van der Waals surface area contributed by atoms with E-state index in [9.17, 15) is 9.59 Å². The van der Waals surface area contributed by atoms with Crippen molar-refractivity contribution in [3.63, 3.8) is 0 Å². The van der Waals surface area contributed by atoms with Gasteiger partial charge < -0.3 is 0 Å². The molecule has 0 spiro atoms. The fraction of sp³-hybridized carbons (Fsp3) is 0.500. The number of hydrogen-bond donors (Lipinski definition) is 0. The Labute approximate surface area is 41.9 Å². The van der Waals surface area contributed by atoms with E-state index in [4.69, 9.17) is 0 Å². The second kappa shape index (κ2) is 3.33. The number of rotatable bonds is 3. The predicted octanol–water partition coefficient (Wildman–Crippen LogP) is -0.379. The van der Waals surface area contributed by atoms with Gasteiger partial charge in [-0.1, -0.05) is 0 Å². The molecule has 3 nitrogen and oxygen atoms in total. The molecule has 0 heterocycles. The van der Waals surface area contributed by atoms with E-state index in [1.54, 1.807) is 6.92 Å². The highest BCUT2D eigenvalue weighted by molar-refractivity contribution is 5.68. The van der Waals surface area contributed by atoms with Crippen LogP contribution in [0.15, 0.2) is 0 Å². The van der Waals surface area contributed by atoms with Crippen LogP contribution in [0, 0.1) is 0 Å². The van der Waals surface area contributed by atoms with Crippen LogP contribution in [0.2, 0.25) is 0 Å². The van der Waals surface area contributed by atoms with Gasteiger partial charge in [0.25, 0.3) is 0 Å². The minimum Gasteiger partial charge on any atom is -0.288 e. The van der Waals surface area contributed by atoms with Crippen LogP contribution in [-0.4, -0.2) is 24.3 Å². The van der Waals surface area contributed by atoms with Gasteiger partial charge in [-0.05, 0) is 6.92 Å². The Bertz CT molecular complexity index is 64.1. The number of carbonyl (C=O) groups excluding carboxylic acids is 2. The second-order valence-electron chi connectivity index (χ2n) is 1.04. The summed E-state index contributed by atoms with van der Waals surface area (Å²) in [5.41, 5.74) is 0. The Morgan fingerprint density at radius 1 is 1.43 bits per heavy atom. The highest BCUT2D eigenvalue weighted by Gasteiger charge is 1.87. The summed E-state index contributed by atoms with van der Waals surface area (Å²) in [5.74, 6) is 0. The number of nitrogens with zero attached hydrogens (tertiary/aromatic N) is 1. The normalized spacial score (nSPS) is 7.57. The fourth-order valence-corrected chi connectivity index (χ4v) is 0.174. The predicted molar refractivity (Wildman–Crippen MR) is 24.5 cm³/mol. The lowest BCUT2D eigenvalue weighted by Gasteiger charge is -1.99. The first-order valence-electron chi connectivity index (χ1n) is 2.01. The van der Waals surface area contributed by atoms with Crippen molar-refractivity contribution in [3.05, 3.63) is 0 Å². The maximum absolute atomic E-state index is 9.66. The summed E-state index contributed by atoms with van der Waals surface area (Å²) in [6, 6.07) is 0. The Balaban J connectivity index is 3.36. The van der Waals surface area contributed by atoms with Crippen LogP contribution in [0.4, 0.5) is 0 Å². The van der Waals surface area contributed by atoms with Crippen molar-refractivity contribution in [3.8, 4) is 0 Å². The van der Waals surface area contributed by atoms with E-state index in [2.05, 4.69) is 0 Å². The van der Waals surface area contributed by atoms with Crippen LogP contribution < -0.4 is 0 Å². The summed E-state index contributed by atoms with van der Waals surface area (Å²) in [6.07, 6.45) is 0.986. The molecule has 2 amide bonds. The van der Waals surface area contributed by atoms with Gasteiger partial charge in [-0.15, -0.1) is 0 Å². The summed E-state index contributed by atoms with van der Waals surface area (Å²) in [7, 11) is 0. The summed E-state index contributed by atoms with van der Waals surface area (Å²) in [5, 5.41) is 0. The maximum atomic E-state index is 9.66. The summed E-state index contributed by atoms with van der Waals surface area (Å²) < 4.78 is 0. The zero-order chi connectivity index (χ0) is 5.70. The smallest absolute Gasteiger partial charge is 0.216 e. The van der Waals surface area contributed by atoms with Crippen LogP contribution in [0.1, 0.15) is 6.92 Å². The molecule has 0 bridgehead atoms. The monoisotopic (exact) mass is 101 g/mol. The molecule has 0 atom stereocenters. The largest absolute Gasteiger partial charge is 0.288 e. The van der Waals surface area contributed by atoms with Gasteiger partial charge in [-0.25, -0.2) is 0 Å². The lowest BCUT2D eigenvalue weighted by Crippen LogP contribution is -2.18. The van der Waals surface area contributed by atoms with E-state index in [1.807, 2.05) is 0 Å². The Morgan fingerprint density at radius 2 is 1.86 bits per heavy atom. The van der Waals surface area contributed by atoms with E-state index < -0.39 is 0 Å². The first-order chi connectivity index (χ1) is 3.35. The summed E-state index contributed by atoms with van der Waals surface area (Å²) in [4.78, 5) is 20.3. The molecule has 0 aromatic rings. The van der Waals surface area contributed by atoms with Gasteiger partial charge in [0.2, 0.25) is 12.8 Å². The fourth-order valence-electron chi connectivity index (χ4n) is 0.174. The van der Waals surface area contributed by atoms with Crippen molar-refractivity contribution in [2.24, 2.45) is 0 Å². The Morgan fingerprint density at radius 3 is 1.86 bits per heavy atom. The van der Waals surface area contributed by atoms with Crippen molar-refractivity contribution in [2.75, 3.05) is 6.54 Å². The standard InChI is InChI=1S/C4H7NO2/c1-2-5(3-6)4-7/h3-4H,2H2,1H3. The second-order valence-corrected chi connectivity index (χ2v) is 1.04. The lowest BCUT2D eigenvalue weighted by molar-refractivity contribution is -0.128. The molecule has 40 valence electrons. The third-order valence-electron chi connectivity index (χ3n) is 0.636. The zero-order valence-corrected chi connectivity index (χ0v) is 4.13. The number of amides is 2. The molecular formula is C4H7NO2. The highest BCUT2D eigenvalue weighted by atomic mass is 16.2. The third kappa shape index (κ3) is 1.92. The van der Waals surface area contributed by atoms with Gasteiger partial charge in [0.15, 0.2) is 0 Å². The first-order valence-corrected chi connectivity index (χ1v) is 2.01. The van der Waals surface area contributed by atoms with Gasteiger partial charge in [0.1, 0.15) is 0 Å². The van der Waals surface area contributed by atoms with Gasteiger partial charge in [-0.3, -0.25) is 14.5 Å². The van der Waals surface area contributed by atoms with Gasteiger partial charge in [0.05, 0.1) is 0 Å². The number of carbonyl (C=O) groups is 2. The van der Waals surface area contributed by atoms with Crippen LogP contribution in [0.3, 0.4) is 0 Å². The summed E-state index contributed by atoms with van der Waals surface area (Å²) >= 11 is 0. The zero-order valence-electron chi connectivity index (χ0n) is 4.13. The quantitative estimate of drug-likeness (QED) is 0.454. The average Bonchev–Trinajstić information content (AvgIpc) is 1.72.